The second kappa shape index (κ2) is 8.30. The smallest absolute Gasteiger partial charge is 0.238 e. The minimum Gasteiger partial charge on any atom is -0.366 e. The number of aryl methyl sites for hydroxylation is 1. The predicted octanol–water partition coefficient (Wildman–Crippen LogP) is 4.45. The van der Waals surface area contributed by atoms with Gasteiger partial charge in [0, 0.05) is 47.1 Å². The minimum atomic E-state index is -0.0562. The molecule has 1 fully saturated rings. The second-order valence-electron chi connectivity index (χ2n) is 6.82. The SMILES string of the molecule is Cc1ccc(N2CCN(CC(=O)Nc3cc(Cl)cc(Cl)c3)CC2C)cc1. The summed E-state index contributed by atoms with van der Waals surface area (Å²) < 4.78 is 0. The minimum absolute atomic E-state index is 0.0562. The molecule has 3 rings (SSSR count). The van der Waals surface area contributed by atoms with E-state index in [1.807, 2.05) is 0 Å². The van der Waals surface area contributed by atoms with Crippen molar-refractivity contribution in [2.75, 3.05) is 36.4 Å². The zero-order valence-electron chi connectivity index (χ0n) is 15.0. The lowest BCUT2D eigenvalue weighted by atomic mass is 10.1. The molecule has 6 heteroatoms. The maximum absolute atomic E-state index is 12.3. The van der Waals surface area contributed by atoms with Crippen LogP contribution in [0.25, 0.3) is 0 Å². The molecule has 26 heavy (non-hydrogen) atoms. The second-order valence-corrected chi connectivity index (χ2v) is 7.69. The fourth-order valence-electron chi connectivity index (χ4n) is 3.33. The van der Waals surface area contributed by atoms with E-state index >= 15 is 0 Å². The zero-order valence-corrected chi connectivity index (χ0v) is 16.5. The number of benzene rings is 2. The molecule has 0 radical (unpaired) electrons. The third-order valence-corrected chi connectivity index (χ3v) is 5.03. The van der Waals surface area contributed by atoms with E-state index in [4.69, 9.17) is 23.2 Å². The van der Waals surface area contributed by atoms with Crippen LogP contribution >= 0.6 is 23.2 Å². The molecular weight excluding hydrogens is 369 g/mol. The van der Waals surface area contributed by atoms with Gasteiger partial charge >= 0.3 is 0 Å². The van der Waals surface area contributed by atoms with Gasteiger partial charge in [-0.15, -0.1) is 0 Å². The van der Waals surface area contributed by atoms with E-state index in [9.17, 15) is 4.79 Å². The Bertz CT molecular complexity index is 759. The third-order valence-electron chi connectivity index (χ3n) is 4.59. The Morgan fingerprint density at radius 2 is 1.77 bits per heavy atom. The number of hydrogen-bond donors (Lipinski definition) is 1. The molecule has 0 aliphatic carbocycles. The lowest BCUT2D eigenvalue weighted by Gasteiger charge is -2.41. The van der Waals surface area contributed by atoms with Crippen LogP contribution in [0.15, 0.2) is 42.5 Å². The Hall–Kier alpha value is -1.75. The van der Waals surface area contributed by atoms with E-state index < -0.39 is 0 Å². The van der Waals surface area contributed by atoms with Crippen molar-refractivity contribution in [3.8, 4) is 0 Å². The number of amides is 1. The molecular formula is C20H23Cl2N3O. The van der Waals surface area contributed by atoms with E-state index in [1.54, 1.807) is 18.2 Å². The molecule has 1 aliphatic rings. The molecule has 1 unspecified atom stereocenters. The summed E-state index contributed by atoms with van der Waals surface area (Å²) in [6, 6.07) is 14.0. The summed E-state index contributed by atoms with van der Waals surface area (Å²) >= 11 is 12.0. The Labute approximate surface area is 164 Å². The maximum atomic E-state index is 12.3. The molecule has 0 bridgehead atoms. The number of anilines is 2. The van der Waals surface area contributed by atoms with E-state index in [0.29, 0.717) is 28.3 Å². The Balaban J connectivity index is 1.55. The molecule has 1 aliphatic heterocycles. The number of nitrogens with zero attached hydrogens (tertiary/aromatic N) is 2. The third kappa shape index (κ3) is 4.91. The average Bonchev–Trinajstić information content (AvgIpc) is 2.55. The normalized spacial score (nSPS) is 18.0. The van der Waals surface area contributed by atoms with Crippen molar-refractivity contribution in [2.24, 2.45) is 0 Å². The molecule has 4 nitrogen and oxygen atoms in total. The van der Waals surface area contributed by atoms with Gasteiger partial charge in [0.25, 0.3) is 0 Å². The summed E-state index contributed by atoms with van der Waals surface area (Å²) in [5, 5.41) is 3.89. The van der Waals surface area contributed by atoms with Gasteiger partial charge in [0.15, 0.2) is 0 Å². The van der Waals surface area contributed by atoms with Crippen LogP contribution in [0, 0.1) is 6.92 Å². The van der Waals surface area contributed by atoms with Crippen LogP contribution in [-0.4, -0.2) is 43.0 Å². The number of carbonyl (C=O) groups excluding carboxylic acids is 1. The summed E-state index contributed by atoms with van der Waals surface area (Å²) in [5.74, 6) is -0.0562. The highest BCUT2D eigenvalue weighted by Gasteiger charge is 2.25. The number of halogens is 2. The largest absolute Gasteiger partial charge is 0.366 e. The van der Waals surface area contributed by atoms with E-state index in [-0.39, 0.29) is 5.91 Å². The van der Waals surface area contributed by atoms with Crippen molar-refractivity contribution in [1.82, 2.24) is 4.90 Å². The Morgan fingerprint density at radius 3 is 2.38 bits per heavy atom. The number of hydrogen-bond acceptors (Lipinski definition) is 3. The molecule has 0 aromatic heterocycles. The van der Waals surface area contributed by atoms with Gasteiger partial charge < -0.3 is 10.2 Å². The van der Waals surface area contributed by atoms with Gasteiger partial charge in [0.05, 0.1) is 6.54 Å². The number of carbonyl (C=O) groups is 1. The van der Waals surface area contributed by atoms with Crippen LogP contribution in [0.5, 0.6) is 0 Å². The molecule has 1 saturated heterocycles. The molecule has 1 atom stereocenters. The van der Waals surface area contributed by atoms with Crippen LogP contribution in [0.1, 0.15) is 12.5 Å². The number of rotatable bonds is 4. The summed E-state index contributed by atoms with van der Waals surface area (Å²) in [4.78, 5) is 16.9. The van der Waals surface area contributed by atoms with Crippen molar-refractivity contribution >= 4 is 40.5 Å². The zero-order chi connectivity index (χ0) is 18.7. The molecule has 138 valence electrons. The summed E-state index contributed by atoms with van der Waals surface area (Å²) in [7, 11) is 0. The summed E-state index contributed by atoms with van der Waals surface area (Å²) in [6.07, 6.45) is 0. The van der Waals surface area contributed by atoms with Crippen LogP contribution in [0.3, 0.4) is 0 Å². The van der Waals surface area contributed by atoms with Crippen LogP contribution in [0.4, 0.5) is 11.4 Å². The van der Waals surface area contributed by atoms with Crippen molar-refractivity contribution in [3.05, 3.63) is 58.1 Å². The van der Waals surface area contributed by atoms with Crippen LogP contribution in [-0.2, 0) is 4.79 Å². The van der Waals surface area contributed by atoms with Gasteiger partial charge in [-0.25, -0.2) is 0 Å². The molecule has 1 amide bonds. The first-order chi connectivity index (χ1) is 12.4. The molecule has 2 aromatic carbocycles. The topological polar surface area (TPSA) is 35.6 Å². The van der Waals surface area contributed by atoms with Gasteiger partial charge in [-0.2, -0.15) is 0 Å². The van der Waals surface area contributed by atoms with E-state index in [1.165, 1.54) is 11.3 Å². The molecule has 0 saturated carbocycles. The maximum Gasteiger partial charge on any atom is 0.238 e. The van der Waals surface area contributed by atoms with Crippen molar-refractivity contribution < 1.29 is 4.79 Å². The van der Waals surface area contributed by atoms with Crippen molar-refractivity contribution in [3.63, 3.8) is 0 Å². The monoisotopic (exact) mass is 391 g/mol. The van der Waals surface area contributed by atoms with E-state index in [2.05, 4.69) is 53.2 Å². The molecule has 1 heterocycles. The van der Waals surface area contributed by atoms with Crippen molar-refractivity contribution in [1.29, 1.82) is 0 Å². The van der Waals surface area contributed by atoms with Gasteiger partial charge in [-0.3, -0.25) is 9.69 Å². The standard InChI is InChI=1S/C20H23Cl2N3O/c1-14-3-5-19(6-4-14)25-8-7-24(12-15(25)2)13-20(26)23-18-10-16(21)9-17(22)11-18/h3-6,9-11,15H,7-8,12-13H2,1-2H3,(H,23,26). The lowest BCUT2D eigenvalue weighted by molar-refractivity contribution is -0.117. The highest BCUT2D eigenvalue weighted by atomic mass is 35.5. The van der Waals surface area contributed by atoms with Gasteiger partial charge in [0.2, 0.25) is 5.91 Å². The quantitative estimate of drug-likeness (QED) is 0.835. The highest BCUT2D eigenvalue weighted by molar-refractivity contribution is 6.35. The number of nitrogens with one attached hydrogen (secondary N) is 1. The Kier molecular flexibility index (Phi) is 6.07. The summed E-state index contributed by atoms with van der Waals surface area (Å²) in [5.41, 5.74) is 3.12. The van der Waals surface area contributed by atoms with E-state index in [0.717, 1.165) is 19.6 Å². The fourth-order valence-corrected chi connectivity index (χ4v) is 3.85. The van der Waals surface area contributed by atoms with Crippen molar-refractivity contribution in [2.45, 2.75) is 19.9 Å². The van der Waals surface area contributed by atoms with Gasteiger partial charge in [0.1, 0.15) is 0 Å². The summed E-state index contributed by atoms with van der Waals surface area (Å²) in [6.45, 7) is 7.24. The first kappa shape index (κ1) is 19.0. The fraction of sp³-hybridized carbons (Fsp3) is 0.350. The molecule has 2 aromatic rings. The predicted molar refractivity (Wildman–Crippen MR) is 110 cm³/mol. The van der Waals surface area contributed by atoms with Gasteiger partial charge in [-0.05, 0) is 44.2 Å². The Morgan fingerprint density at radius 1 is 1.12 bits per heavy atom. The molecule has 1 N–H and O–H groups in total. The van der Waals surface area contributed by atoms with Crippen LogP contribution < -0.4 is 10.2 Å². The van der Waals surface area contributed by atoms with Crippen LogP contribution in [0.2, 0.25) is 10.0 Å². The number of piperazine rings is 1. The molecule has 0 spiro atoms. The highest BCUT2D eigenvalue weighted by Crippen LogP contribution is 2.23. The average molecular weight is 392 g/mol. The first-order valence-electron chi connectivity index (χ1n) is 8.72. The lowest BCUT2D eigenvalue weighted by Crippen LogP contribution is -2.53. The van der Waals surface area contributed by atoms with Gasteiger partial charge in [-0.1, -0.05) is 40.9 Å². The first-order valence-corrected chi connectivity index (χ1v) is 9.48.